The maximum Gasteiger partial charge on any atom is 0.165 e. The summed E-state index contributed by atoms with van der Waals surface area (Å²) in [6.45, 7) is 4.93. The lowest BCUT2D eigenvalue weighted by molar-refractivity contribution is 0.0104. The van der Waals surface area contributed by atoms with E-state index in [2.05, 4.69) is 10.0 Å². The van der Waals surface area contributed by atoms with Gasteiger partial charge in [0.05, 0.1) is 39.6 Å². The summed E-state index contributed by atoms with van der Waals surface area (Å²) < 4.78 is 34.5. The summed E-state index contributed by atoms with van der Waals surface area (Å²) in [5.74, 6) is -0.137. The van der Waals surface area contributed by atoms with Gasteiger partial charge in [0, 0.05) is 11.5 Å². The van der Waals surface area contributed by atoms with Crippen LogP contribution in [0.25, 0.3) is 10.4 Å². The average molecular weight is 327 g/mol. The van der Waals surface area contributed by atoms with E-state index in [9.17, 15) is 4.39 Å². The number of nitrogens with zero attached hydrogens (tertiary/aromatic N) is 3. The molecule has 0 aliphatic rings. The lowest BCUT2D eigenvalue weighted by Crippen LogP contribution is -2.13. The highest BCUT2D eigenvalue weighted by Crippen LogP contribution is 2.17. The lowest BCUT2D eigenvalue weighted by Gasteiger charge is -2.09. The minimum atomic E-state index is -0.367. The van der Waals surface area contributed by atoms with Gasteiger partial charge in [0.25, 0.3) is 0 Å². The van der Waals surface area contributed by atoms with Crippen LogP contribution in [-0.4, -0.2) is 52.8 Å². The van der Waals surface area contributed by atoms with Crippen molar-refractivity contribution >= 4 is 0 Å². The molecule has 1 aromatic rings. The van der Waals surface area contributed by atoms with Crippen molar-refractivity contribution in [2.45, 2.75) is 6.92 Å². The van der Waals surface area contributed by atoms with E-state index in [-0.39, 0.29) is 18.2 Å². The van der Waals surface area contributed by atoms with Crippen LogP contribution in [-0.2, 0) is 14.2 Å². The van der Waals surface area contributed by atoms with Crippen molar-refractivity contribution in [3.63, 3.8) is 0 Å². The molecule has 0 bridgehead atoms. The van der Waals surface area contributed by atoms with Gasteiger partial charge in [0.15, 0.2) is 11.6 Å². The number of hydrogen-bond acceptors (Lipinski definition) is 5. The molecule has 1 aromatic carbocycles. The molecule has 0 aliphatic heterocycles. The van der Waals surface area contributed by atoms with E-state index in [0.717, 1.165) is 5.56 Å². The van der Waals surface area contributed by atoms with Crippen molar-refractivity contribution in [1.29, 1.82) is 0 Å². The first-order chi connectivity index (χ1) is 11.2. The zero-order valence-corrected chi connectivity index (χ0v) is 13.2. The van der Waals surface area contributed by atoms with Crippen LogP contribution in [0.3, 0.4) is 0 Å². The number of benzene rings is 1. The van der Waals surface area contributed by atoms with E-state index >= 15 is 0 Å². The summed E-state index contributed by atoms with van der Waals surface area (Å²) in [7, 11) is 0. The molecule has 0 heterocycles. The molecule has 0 unspecified atom stereocenters. The highest BCUT2D eigenvalue weighted by atomic mass is 19.1. The third kappa shape index (κ3) is 9.70. The molecule has 0 aromatic heterocycles. The van der Waals surface area contributed by atoms with Crippen molar-refractivity contribution in [3.8, 4) is 5.75 Å². The van der Waals surface area contributed by atoms with Crippen LogP contribution in [0.5, 0.6) is 5.75 Å². The second kappa shape index (κ2) is 12.7. The third-order valence-corrected chi connectivity index (χ3v) is 2.72. The monoisotopic (exact) mass is 327 g/mol. The zero-order chi connectivity index (χ0) is 16.8. The quantitative estimate of drug-likeness (QED) is 0.241. The molecule has 0 atom stereocenters. The van der Waals surface area contributed by atoms with E-state index in [1.54, 1.807) is 12.1 Å². The largest absolute Gasteiger partial charge is 0.488 e. The predicted octanol–water partition coefficient (Wildman–Crippen LogP) is 2.87. The van der Waals surface area contributed by atoms with E-state index in [1.165, 1.54) is 6.07 Å². The summed E-state index contributed by atoms with van der Waals surface area (Å²) >= 11 is 0. The van der Waals surface area contributed by atoms with E-state index in [4.69, 9.17) is 24.5 Å². The number of azide groups is 1. The Labute approximate surface area is 134 Å². The van der Waals surface area contributed by atoms with Crippen LogP contribution >= 0.6 is 0 Å². The first kappa shape index (κ1) is 19.2. The van der Waals surface area contributed by atoms with Gasteiger partial charge in [-0.05, 0) is 30.2 Å². The van der Waals surface area contributed by atoms with Crippen LogP contribution in [0, 0.1) is 12.7 Å². The molecule has 0 fully saturated rings. The van der Waals surface area contributed by atoms with Crippen LogP contribution in [0.15, 0.2) is 23.3 Å². The Bertz CT molecular complexity index is 496. The van der Waals surface area contributed by atoms with Crippen LogP contribution in [0.4, 0.5) is 4.39 Å². The molecule has 0 saturated carbocycles. The molecule has 7 nitrogen and oxygen atoms in total. The van der Waals surface area contributed by atoms with E-state index in [0.29, 0.717) is 46.2 Å². The highest BCUT2D eigenvalue weighted by molar-refractivity contribution is 5.28. The van der Waals surface area contributed by atoms with Gasteiger partial charge in [-0.3, -0.25) is 0 Å². The molecule has 0 N–H and O–H groups in total. The molecule has 8 heteroatoms. The summed E-state index contributed by atoms with van der Waals surface area (Å²) in [5.41, 5.74) is 8.91. The van der Waals surface area contributed by atoms with Crippen molar-refractivity contribution in [2.24, 2.45) is 5.11 Å². The lowest BCUT2D eigenvalue weighted by atomic mass is 10.2. The minimum absolute atomic E-state index is 0.230. The van der Waals surface area contributed by atoms with Crippen LogP contribution < -0.4 is 4.74 Å². The Morgan fingerprint density at radius 3 is 2.22 bits per heavy atom. The van der Waals surface area contributed by atoms with Crippen molar-refractivity contribution in [2.75, 3.05) is 52.8 Å². The van der Waals surface area contributed by atoms with Crippen LogP contribution in [0.2, 0.25) is 0 Å². The molecule has 23 heavy (non-hydrogen) atoms. The summed E-state index contributed by atoms with van der Waals surface area (Å²) in [5, 5.41) is 3.34. The highest BCUT2D eigenvalue weighted by Gasteiger charge is 2.02. The van der Waals surface area contributed by atoms with Crippen LogP contribution in [0.1, 0.15) is 5.56 Å². The maximum atomic E-state index is 13.5. The first-order valence-electron chi connectivity index (χ1n) is 7.37. The minimum Gasteiger partial charge on any atom is -0.488 e. The first-order valence-corrected chi connectivity index (χ1v) is 7.37. The Balaban J connectivity index is 1.89. The summed E-state index contributed by atoms with van der Waals surface area (Å²) in [4.78, 5) is 2.61. The van der Waals surface area contributed by atoms with E-state index in [1.807, 2.05) is 6.92 Å². The van der Waals surface area contributed by atoms with Gasteiger partial charge in [0.2, 0.25) is 0 Å². The molecule has 0 radical (unpaired) electrons. The molecular formula is C15H22FN3O4. The van der Waals surface area contributed by atoms with Crippen molar-refractivity contribution < 1.29 is 23.3 Å². The standard InChI is InChI=1S/C15H22FN3O4/c1-13-2-3-15(14(16)12-13)23-11-10-22-9-8-21-7-6-20-5-4-18-19-17/h2-3,12H,4-11H2,1H3. The summed E-state index contributed by atoms with van der Waals surface area (Å²) in [6.07, 6.45) is 0. The zero-order valence-electron chi connectivity index (χ0n) is 13.2. The molecule has 1 rings (SSSR count). The van der Waals surface area contributed by atoms with Gasteiger partial charge < -0.3 is 18.9 Å². The molecule has 0 spiro atoms. The molecule has 0 saturated heterocycles. The molecule has 0 amide bonds. The van der Waals surface area contributed by atoms with Gasteiger partial charge in [-0.1, -0.05) is 11.2 Å². The molecule has 128 valence electrons. The fourth-order valence-electron chi connectivity index (χ4n) is 1.63. The fraction of sp³-hybridized carbons (Fsp3) is 0.600. The van der Waals surface area contributed by atoms with Gasteiger partial charge in [-0.15, -0.1) is 0 Å². The third-order valence-electron chi connectivity index (χ3n) is 2.72. The molecule has 0 aliphatic carbocycles. The Hall–Kier alpha value is -1.86. The number of halogens is 1. The number of rotatable bonds is 13. The van der Waals surface area contributed by atoms with Gasteiger partial charge in [0.1, 0.15) is 6.61 Å². The van der Waals surface area contributed by atoms with Crippen molar-refractivity contribution in [3.05, 3.63) is 40.0 Å². The Morgan fingerprint density at radius 2 is 1.61 bits per heavy atom. The normalized spacial score (nSPS) is 10.3. The second-order valence-electron chi connectivity index (χ2n) is 4.57. The number of hydrogen-bond donors (Lipinski definition) is 0. The maximum absolute atomic E-state index is 13.5. The topological polar surface area (TPSA) is 85.7 Å². The number of ether oxygens (including phenoxy) is 4. The Kier molecular flexibility index (Phi) is 10.6. The van der Waals surface area contributed by atoms with Gasteiger partial charge >= 0.3 is 0 Å². The second-order valence-corrected chi connectivity index (χ2v) is 4.57. The molecular weight excluding hydrogens is 305 g/mol. The average Bonchev–Trinajstić information content (AvgIpc) is 2.53. The smallest absolute Gasteiger partial charge is 0.165 e. The van der Waals surface area contributed by atoms with E-state index < -0.39 is 0 Å². The number of aryl methyl sites for hydroxylation is 1. The van der Waals surface area contributed by atoms with Gasteiger partial charge in [-0.2, -0.15) is 0 Å². The SMILES string of the molecule is Cc1ccc(OCCOCCOCCOCCN=[N+]=[N-])c(F)c1. The Morgan fingerprint density at radius 1 is 1.00 bits per heavy atom. The predicted molar refractivity (Wildman–Crippen MR) is 83.1 cm³/mol. The van der Waals surface area contributed by atoms with Crippen molar-refractivity contribution in [1.82, 2.24) is 0 Å². The fourth-order valence-corrected chi connectivity index (χ4v) is 1.63. The summed E-state index contributed by atoms with van der Waals surface area (Å²) in [6, 6.07) is 4.83. The van der Waals surface area contributed by atoms with Gasteiger partial charge in [-0.25, -0.2) is 4.39 Å².